The number of carbonyl (C=O) groups is 1. The molecule has 1 heterocycles. The molecule has 1 fully saturated rings. The molecule has 0 aliphatic carbocycles. The number of hydrogen-bond donors (Lipinski definition) is 2. The van der Waals surface area contributed by atoms with Crippen LogP contribution in [-0.4, -0.2) is 11.4 Å². The Kier molecular flexibility index (Phi) is 8.74. The number of hydrogen-bond acceptors (Lipinski definition) is 4. The van der Waals surface area contributed by atoms with Gasteiger partial charge in [-0.15, -0.1) is 0 Å². The third-order valence-electron chi connectivity index (χ3n) is 5.10. The monoisotopic (exact) mass is 688 g/mol. The van der Waals surface area contributed by atoms with Crippen molar-refractivity contribution < 1.29 is 9.53 Å². The highest BCUT2D eigenvalue weighted by Gasteiger charge is 2.27. The quantitative estimate of drug-likeness (QED) is 0.195. The number of anilines is 1. The van der Waals surface area contributed by atoms with E-state index in [4.69, 9.17) is 27.9 Å². The van der Waals surface area contributed by atoms with Crippen molar-refractivity contribution in [3.8, 4) is 5.75 Å². The molecule has 4 nitrogen and oxygen atoms in total. The normalized spacial score (nSPS) is 16.6. The molecular weight excluding hydrogens is 670 g/mol. The molecule has 1 saturated heterocycles. The lowest BCUT2D eigenvalue weighted by Crippen LogP contribution is -2.30. The van der Waals surface area contributed by atoms with E-state index in [1.54, 1.807) is 12.1 Å². The van der Waals surface area contributed by atoms with Crippen molar-refractivity contribution in [1.82, 2.24) is 5.32 Å². The van der Waals surface area contributed by atoms with E-state index >= 15 is 0 Å². The third kappa shape index (κ3) is 6.43. The van der Waals surface area contributed by atoms with Crippen molar-refractivity contribution >= 4 is 91.2 Å². The van der Waals surface area contributed by atoms with Crippen LogP contribution in [-0.2, 0) is 17.8 Å². The minimum atomic E-state index is -0.222. The van der Waals surface area contributed by atoms with Gasteiger partial charge in [0.15, 0.2) is 5.50 Å². The van der Waals surface area contributed by atoms with Crippen molar-refractivity contribution in [1.29, 1.82) is 0 Å². The molecule has 1 aliphatic rings. The number of ether oxygens (including phenoxy) is 1. The third-order valence-corrected chi connectivity index (χ3v) is 8.10. The smallest absolute Gasteiger partial charge is 0.260 e. The molecule has 1 aliphatic heterocycles. The average Bonchev–Trinajstić information content (AvgIpc) is 3.13. The fourth-order valence-corrected chi connectivity index (χ4v) is 6.51. The molecule has 3 aromatic rings. The number of carbonyl (C=O) groups excluding carboxylic acids is 1. The van der Waals surface area contributed by atoms with Gasteiger partial charge >= 0.3 is 0 Å². The summed E-state index contributed by atoms with van der Waals surface area (Å²) in [6.07, 6.45) is 2.88. The van der Waals surface area contributed by atoms with Crippen molar-refractivity contribution in [2.45, 2.75) is 25.4 Å². The summed E-state index contributed by atoms with van der Waals surface area (Å²) in [5.41, 5.74) is 3.77. The molecule has 176 valence electrons. The number of aryl methyl sites for hydroxylation is 1. The zero-order chi connectivity index (χ0) is 24.2. The number of benzene rings is 3. The molecule has 34 heavy (non-hydrogen) atoms. The maximum atomic E-state index is 12.5. The van der Waals surface area contributed by atoms with Gasteiger partial charge in [-0.3, -0.25) is 4.79 Å². The van der Waals surface area contributed by atoms with E-state index in [2.05, 4.69) is 68.2 Å². The second-order valence-corrected chi connectivity index (χ2v) is 11.5. The van der Waals surface area contributed by atoms with Gasteiger partial charge in [0.1, 0.15) is 12.4 Å². The summed E-state index contributed by atoms with van der Waals surface area (Å²) in [6.45, 7) is 2.44. The average molecular weight is 690 g/mol. The van der Waals surface area contributed by atoms with Crippen molar-refractivity contribution in [3.05, 3.63) is 94.3 Å². The Morgan fingerprint density at radius 3 is 2.62 bits per heavy atom. The SMILES string of the molecule is CCc1ccc(N[C@@H]2NC(=O)/C(=C/c3cc(Br)c(OCc4ccc(Cl)cc4Cl)c(I)c3)S2)cc1. The van der Waals surface area contributed by atoms with E-state index in [-0.39, 0.29) is 11.4 Å². The van der Waals surface area contributed by atoms with Crippen LogP contribution in [0.3, 0.4) is 0 Å². The van der Waals surface area contributed by atoms with E-state index < -0.39 is 0 Å². The summed E-state index contributed by atoms with van der Waals surface area (Å²) in [4.78, 5) is 13.2. The van der Waals surface area contributed by atoms with Gasteiger partial charge in [-0.05, 0) is 98.5 Å². The molecule has 0 bridgehead atoms. The second kappa shape index (κ2) is 11.6. The van der Waals surface area contributed by atoms with Crippen LogP contribution in [0, 0.1) is 3.57 Å². The summed E-state index contributed by atoms with van der Waals surface area (Å²) in [6, 6.07) is 17.5. The van der Waals surface area contributed by atoms with Crippen molar-refractivity contribution in [2.24, 2.45) is 0 Å². The van der Waals surface area contributed by atoms with Crippen LogP contribution in [0.4, 0.5) is 5.69 Å². The predicted molar refractivity (Wildman–Crippen MR) is 155 cm³/mol. The Labute approximate surface area is 235 Å². The lowest BCUT2D eigenvalue weighted by atomic mass is 10.1. The fraction of sp³-hybridized carbons (Fsp3) is 0.160. The fourth-order valence-electron chi connectivity index (χ4n) is 3.29. The van der Waals surface area contributed by atoms with Crippen LogP contribution in [0.15, 0.2) is 64.0 Å². The number of amides is 1. The summed E-state index contributed by atoms with van der Waals surface area (Å²) >= 11 is 19.5. The van der Waals surface area contributed by atoms with Crippen molar-refractivity contribution in [3.63, 3.8) is 0 Å². The summed E-state index contributed by atoms with van der Waals surface area (Å²) in [7, 11) is 0. The van der Waals surface area contributed by atoms with Crippen LogP contribution < -0.4 is 15.4 Å². The lowest BCUT2D eigenvalue weighted by Gasteiger charge is -2.13. The highest BCUT2D eigenvalue weighted by Crippen LogP contribution is 2.36. The zero-order valence-corrected chi connectivity index (χ0v) is 24.1. The minimum absolute atomic E-state index is 0.100. The molecule has 3 aromatic carbocycles. The van der Waals surface area contributed by atoms with E-state index in [1.807, 2.05) is 36.4 Å². The maximum Gasteiger partial charge on any atom is 0.260 e. The van der Waals surface area contributed by atoms with Gasteiger partial charge in [-0.1, -0.05) is 60.1 Å². The van der Waals surface area contributed by atoms with Gasteiger partial charge < -0.3 is 15.4 Å². The highest BCUT2D eigenvalue weighted by atomic mass is 127. The Balaban J connectivity index is 1.44. The zero-order valence-electron chi connectivity index (χ0n) is 18.0. The molecule has 1 atom stereocenters. The number of thioether (sulfide) groups is 1. The Morgan fingerprint density at radius 2 is 1.94 bits per heavy atom. The summed E-state index contributed by atoms with van der Waals surface area (Å²) in [5, 5.41) is 7.47. The molecule has 2 N–H and O–H groups in total. The highest BCUT2D eigenvalue weighted by molar-refractivity contribution is 14.1. The Morgan fingerprint density at radius 1 is 1.18 bits per heavy atom. The summed E-state index contributed by atoms with van der Waals surface area (Å²) < 4.78 is 7.73. The lowest BCUT2D eigenvalue weighted by molar-refractivity contribution is -0.116. The first-order valence-electron chi connectivity index (χ1n) is 10.4. The van der Waals surface area contributed by atoms with Crippen LogP contribution in [0.25, 0.3) is 6.08 Å². The van der Waals surface area contributed by atoms with Crippen LogP contribution in [0.5, 0.6) is 5.75 Å². The standard InChI is InChI=1S/C25H20BrCl2IN2O2S/c1-2-14-3-7-18(8-4-14)30-25-31-24(32)22(34-25)11-15-9-19(26)23(21(29)10-15)33-13-16-5-6-17(27)12-20(16)28/h3-12,25,30H,2,13H2,1H3,(H,31,32)/b22-11-/t25-/m1/s1. The van der Waals surface area contributed by atoms with E-state index in [9.17, 15) is 4.79 Å². The van der Waals surface area contributed by atoms with Crippen LogP contribution in [0.1, 0.15) is 23.6 Å². The van der Waals surface area contributed by atoms with E-state index in [0.717, 1.165) is 31.3 Å². The van der Waals surface area contributed by atoms with Crippen LogP contribution >= 0.6 is 73.5 Å². The Hall–Kier alpha value is -1.39. The predicted octanol–water partition coefficient (Wildman–Crippen LogP) is 8.10. The molecule has 0 spiro atoms. The summed E-state index contributed by atoms with van der Waals surface area (Å²) in [5.74, 6) is 0.615. The van der Waals surface area contributed by atoms with Gasteiger partial charge in [0.25, 0.3) is 5.91 Å². The van der Waals surface area contributed by atoms with Gasteiger partial charge in [0.05, 0.1) is 12.9 Å². The molecule has 0 saturated carbocycles. The molecule has 0 aromatic heterocycles. The minimum Gasteiger partial charge on any atom is -0.487 e. The Bertz CT molecular complexity index is 1230. The molecular formula is C25H20BrCl2IN2O2S. The van der Waals surface area contributed by atoms with Crippen molar-refractivity contribution in [2.75, 3.05) is 5.32 Å². The van der Waals surface area contributed by atoms with E-state index in [0.29, 0.717) is 27.3 Å². The first-order valence-corrected chi connectivity index (χ1v) is 13.9. The topological polar surface area (TPSA) is 50.4 Å². The van der Waals surface area contributed by atoms with Crippen LogP contribution in [0.2, 0.25) is 10.0 Å². The second-order valence-electron chi connectivity index (χ2n) is 7.51. The molecule has 0 radical (unpaired) electrons. The van der Waals surface area contributed by atoms with Gasteiger partial charge in [0.2, 0.25) is 0 Å². The first kappa shape index (κ1) is 25.7. The largest absolute Gasteiger partial charge is 0.487 e. The van der Waals surface area contributed by atoms with Gasteiger partial charge in [0, 0.05) is 21.3 Å². The first-order chi connectivity index (χ1) is 16.3. The van der Waals surface area contributed by atoms with Gasteiger partial charge in [-0.2, -0.15) is 0 Å². The maximum absolute atomic E-state index is 12.5. The number of rotatable bonds is 7. The molecule has 9 heteroatoms. The molecule has 4 rings (SSSR count). The number of nitrogens with one attached hydrogen (secondary N) is 2. The molecule has 1 amide bonds. The molecule has 0 unspecified atom stereocenters. The van der Waals surface area contributed by atoms with Gasteiger partial charge in [-0.25, -0.2) is 0 Å². The number of halogens is 4. The van der Waals surface area contributed by atoms with E-state index in [1.165, 1.54) is 17.3 Å².